The Kier molecular flexibility index (Phi) is 5.22. The Balaban J connectivity index is 1.94. The van der Waals surface area contributed by atoms with Crippen molar-refractivity contribution in [2.45, 2.75) is 26.2 Å². The first kappa shape index (κ1) is 16.2. The molecule has 0 saturated carbocycles. The lowest BCUT2D eigenvalue weighted by Crippen LogP contribution is -2.06. The average molecular weight is 327 g/mol. The van der Waals surface area contributed by atoms with Crippen LogP contribution in [0.5, 0.6) is 5.88 Å². The topological polar surface area (TPSA) is 96.0 Å². The molecule has 126 valence electrons. The molecule has 1 aromatic carbocycles. The maximum atomic E-state index is 9.02. The lowest BCUT2D eigenvalue weighted by molar-refractivity contribution is 0.198. The summed E-state index contributed by atoms with van der Waals surface area (Å²) in [4.78, 5) is 16.6. The zero-order chi connectivity index (χ0) is 16.8. The minimum Gasteiger partial charge on any atom is -0.474 e. The number of aliphatic hydroxyl groups excluding tert-OH is 1. The van der Waals surface area contributed by atoms with Gasteiger partial charge in [-0.2, -0.15) is 9.97 Å². The lowest BCUT2D eigenvalue weighted by Gasteiger charge is -2.08. The monoisotopic (exact) mass is 327 g/mol. The highest BCUT2D eigenvalue weighted by Gasteiger charge is 2.14. The largest absolute Gasteiger partial charge is 0.474 e. The molecule has 2 aromatic heterocycles. The SMILES string of the molecule is CCCCc1nc2nc(Nc3ccccc3)nc(OCCO)c2[nH]1. The smallest absolute Gasteiger partial charge is 0.245 e. The van der Waals surface area contributed by atoms with E-state index in [0.717, 1.165) is 30.8 Å². The molecule has 3 N–H and O–H groups in total. The number of rotatable bonds is 8. The van der Waals surface area contributed by atoms with E-state index in [1.54, 1.807) is 0 Å². The van der Waals surface area contributed by atoms with Crippen molar-refractivity contribution in [2.75, 3.05) is 18.5 Å². The van der Waals surface area contributed by atoms with Gasteiger partial charge >= 0.3 is 0 Å². The molecule has 7 heteroatoms. The predicted octanol–water partition coefficient (Wildman–Crippen LogP) is 2.81. The lowest BCUT2D eigenvalue weighted by atomic mass is 10.2. The third-order valence-electron chi connectivity index (χ3n) is 3.49. The molecule has 7 nitrogen and oxygen atoms in total. The molecular formula is C17H21N5O2. The maximum absolute atomic E-state index is 9.02. The molecule has 3 aromatic rings. The molecule has 0 saturated heterocycles. The molecule has 0 radical (unpaired) electrons. The number of nitrogens with zero attached hydrogens (tertiary/aromatic N) is 3. The minimum atomic E-state index is -0.0796. The number of hydrogen-bond acceptors (Lipinski definition) is 6. The van der Waals surface area contributed by atoms with Crippen LogP contribution in [0.3, 0.4) is 0 Å². The Labute approximate surface area is 140 Å². The van der Waals surface area contributed by atoms with Gasteiger partial charge in [-0.15, -0.1) is 0 Å². The zero-order valence-corrected chi connectivity index (χ0v) is 13.6. The highest BCUT2D eigenvalue weighted by Crippen LogP contribution is 2.24. The molecule has 0 bridgehead atoms. The number of hydrogen-bond donors (Lipinski definition) is 3. The molecule has 0 fully saturated rings. The van der Waals surface area contributed by atoms with Crippen molar-refractivity contribution in [3.63, 3.8) is 0 Å². The number of anilines is 2. The van der Waals surface area contributed by atoms with Gasteiger partial charge in [-0.05, 0) is 18.6 Å². The van der Waals surface area contributed by atoms with Gasteiger partial charge in [0.15, 0.2) is 5.65 Å². The number of H-pyrrole nitrogens is 1. The normalized spacial score (nSPS) is 10.9. The van der Waals surface area contributed by atoms with Crippen molar-refractivity contribution in [2.24, 2.45) is 0 Å². The van der Waals surface area contributed by atoms with Crippen LogP contribution in [0.1, 0.15) is 25.6 Å². The second kappa shape index (κ2) is 7.74. The van der Waals surface area contributed by atoms with Gasteiger partial charge in [0.05, 0.1) is 6.61 Å². The van der Waals surface area contributed by atoms with E-state index in [-0.39, 0.29) is 13.2 Å². The number of aliphatic hydroxyl groups is 1. The van der Waals surface area contributed by atoms with Crippen molar-refractivity contribution in [1.82, 2.24) is 19.9 Å². The molecule has 0 spiro atoms. The van der Waals surface area contributed by atoms with Gasteiger partial charge in [0.1, 0.15) is 17.9 Å². The van der Waals surface area contributed by atoms with Gasteiger partial charge in [0, 0.05) is 12.1 Å². The van der Waals surface area contributed by atoms with Gasteiger partial charge in [0.25, 0.3) is 0 Å². The fraction of sp³-hybridized carbons (Fsp3) is 0.353. The van der Waals surface area contributed by atoms with Crippen LogP contribution in [-0.2, 0) is 6.42 Å². The van der Waals surface area contributed by atoms with Crippen molar-refractivity contribution in [1.29, 1.82) is 0 Å². The fourth-order valence-corrected chi connectivity index (χ4v) is 2.34. The first-order valence-corrected chi connectivity index (χ1v) is 8.12. The summed E-state index contributed by atoms with van der Waals surface area (Å²) >= 11 is 0. The number of imidazole rings is 1. The predicted molar refractivity (Wildman–Crippen MR) is 92.6 cm³/mol. The van der Waals surface area contributed by atoms with Crippen molar-refractivity contribution >= 4 is 22.8 Å². The fourth-order valence-electron chi connectivity index (χ4n) is 2.34. The Morgan fingerprint density at radius 1 is 1.17 bits per heavy atom. The van der Waals surface area contributed by atoms with Crippen LogP contribution in [0.15, 0.2) is 30.3 Å². The summed E-state index contributed by atoms with van der Waals surface area (Å²) in [5, 5.41) is 12.2. The highest BCUT2D eigenvalue weighted by molar-refractivity contribution is 5.78. The molecule has 0 unspecified atom stereocenters. The summed E-state index contributed by atoms with van der Waals surface area (Å²) < 4.78 is 5.55. The quantitative estimate of drug-likeness (QED) is 0.589. The van der Waals surface area contributed by atoms with E-state index in [1.807, 2.05) is 30.3 Å². The standard InChI is InChI=1S/C17H21N5O2/c1-2-3-9-13-19-14-15(20-13)21-17(22-16(14)24-11-10-23)18-12-7-5-4-6-8-12/h4-8,23H,2-3,9-11H2,1H3,(H2,18,19,20,21,22). The van der Waals surface area contributed by atoms with Crippen LogP contribution in [0.4, 0.5) is 11.6 Å². The summed E-state index contributed by atoms with van der Waals surface area (Å²) in [6.45, 7) is 2.23. The number of para-hydroxylation sites is 1. The second-order valence-electron chi connectivity index (χ2n) is 5.40. The Morgan fingerprint density at radius 2 is 2.00 bits per heavy atom. The molecule has 0 aliphatic rings. The Bertz CT molecular complexity index is 788. The Morgan fingerprint density at radius 3 is 2.75 bits per heavy atom. The number of aromatic nitrogens is 4. The molecule has 3 rings (SSSR count). The number of nitrogens with one attached hydrogen (secondary N) is 2. The van der Waals surface area contributed by atoms with Crippen molar-refractivity contribution in [3.05, 3.63) is 36.2 Å². The van der Waals surface area contributed by atoms with Crippen LogP contribution in [0.25, 0.3) is 11.2 Å². The average Bonchev–Trinajstić information content (AvgIpc) is 3.01. The van der Waals surface area contributed by atoms with Gasteiger partial charge in [-0.1, -0.05) is 31.5 Å². The summed E-state index contributed by atoms with van der Waals surface area (Å²) in [5.41, 5.74) is 2.10. The van der Waals surface area contributed by atoms with Crippen LogP contribution >= 0.6 is 0 Å². The number of aromatic amines is 1. The third-order valence-corrected chi connectivity index (χ3v) is 3.49. The number of ether oxygens (including phenoxy) is 1. The van der Waals surface area contributed by atoms with Gasteiger partial charge in [-0.25, -0.2) is 4.98 Å². The van der Waals surface area contributed by atoms with E-state index in [4.69, 9.17) is 9.84 Å². The minimum absolute atomic E-state index is 0.0796. The molecule has 0 aliphatic heterocycles. The van der Waals surface area contributed by atoms with E-state index in [0.29, 0.717) is 23.0 Å². The number of aryl methyl sites for hydroxylation is 1. The molecule has 24 heavy (non-hydrogen) atoms. The molecule has 0 atom stereocenters. The summed E-state index contributed by atoms with van der Waals surface area (Å²) in [6.07, 6.45) is 3.00. The molecule has 0 aliphatic carbocycles. The first-order chi connectivity index (χ1) is 11.8. The number of benzene rings is 1. The number of unbranched alkanes of at least 4 members (excludes halogenated alkanes) is 1. The van der Waals surface area contributed by atoms with E-state index in [9.17, 15) is 0 Å². The van der Waals surface area contributed by atoms with E-state index in [2.05, 4.69) is 32.2 Å². The summed E-state index contributed by atoms with van der Waals surface area (Å²) in [6, 6.07) is 9.67. The van der Waals surface area contributed by atoms with Gasteiger partial charge in [-0.3, -0.25) is 0 Å². The summed E-state index contributed by atoms with van der Waals surface area (Å²) in [5.74, 6) is 1.67. The van der Waals surface area contributed by atoms with Crippen LogP contribution in [0.2, 0.25) is 0 Å². The van der Waals surface area contributed by atoms with Crippen LogP contribution in [0, 0.1) is 0 Å². The van der Waals surface area contributed by atoms with Gasteiger partial charge < -0.3 is 20.1 Å². The molecule has 2 heterocycles. The highest BCUT2D eigenvalue weighted by atomic mass is 16.5. The molecular weight excluding hydrogens is 306 g/mol. The first-order valence-electron chi connectivity index (χ1n) is 8.12. The van der Waals surface area contributed by atoms with Crippen molar-refractivity contribution in [3.8, 4) is 5.88 Å². The van der Waals surface area contributed by atoms with E-state index in [1.165, 1.54) is 0 Å². The van der Waals surface area contributed by atoms with Crippen LogP contribution in [-0.4, -0.2) is 38.3 Å². The summed E-state index contributed by atoms with van der Waals surface area (Å²) in [7, 11) is 0. The van der Waals surface area contributed by atoms with E-state index >= 15 is 0 Å². The van der Waals surface area contributed by atoms with E-state index < -0.39 is 0 Å². The zero-order valence-electron chi connectivity index (χ0n) is 13.6. The Hall–Kier alpha value is -2.67. The maximum Gasteiger partial charge on any atom is 0.245 e. The van der Waals surface area contributed by atoms with Crippen LogP contribution < -0.4 is 10.1 Å². The third kappa shape index (κ3) is 3.80. The second-order valence-corrected chi connectivity index (χ2v) is 5.40. The molecule has 0 amide bonds. The number of fused-ring (bicyclic) bond motifs is 1. The van der Waals surface area contributed by atoms with Gasteiger partial charge in [0.2, 0.25) is 11.8 Å². The van der Waals surface area contributed by atoms with Crippen molar-refractivity contribution < 1.29 is 9.84 Å².